The van der Waals surface area contributed by atoms with E-state index in [2.05, 4.69) is 0 Å². The number of carbonyl (C=O) groups is 1. The minimum absolute atomic E-state index is 0.0449. The second-order valence-electron chi connectivity index (χ2n) is 6.83. The number of ether oxygens (including phenoxy) is 2. The van der Waals surface area contributed by atoms with Crippen LogP contribution in [0.4, 0.5) is 5.69 Å². The summed E-state index contributed by atoms with van der Waals surface area (Å²) in [6.45, 7) is 2.07. The third-order valence-electron chi connectivity index (χ3n) is 5.03. The standard InChI is InChI=1S/C20H21ClN2O5S/c21-16-5-6-18(28-14-20(24)22-9-11-27-12-10-22)19(13-16)29(25,26)23-8-7-15-3-1-2-4-17(15)23/h1-6,13H,7-12,14H2. The van der Waals surface area contributed by atoms with E-state index >= 15 is 0 Å². The van der Waals surface area contributed by atoms with Gasteiger partial charge in [-0.3, -0.25) is 9.10 Å². The van der Waals surface area contributed by atoms with Crippen molar-refractivity contribution in [2.75, 3.05) is 43.8 Å². The number of halogens is 1. The van der Waals surface area contributed by atoms with Gasteiger partial charge in [-0.05, 0) is 36.2 Å². The number of para-hydroxylation sites is 1. The molecule has 29 heavy (non-hydrogen) atoms. The van der Waals surface area contributed by atoms with Crippen LogP contribution in [0.3, 0.4) is 0 Å². The fraction of sp³-hybridized carbons (Fsp3) is 0.350. The minimum atomic E-state index is -3.90. The Balaban J connectivity index is 1.59. The Morgan fingerprint density at radius 1 is 1.10 bits per heavy atom. The van der Waals surface area contributed by atoms with Crippen LogP contribution >= 0.6 is 11.6 Å². The van der Waals surface area contributed by atoms with Gasteiger partial charge in [0.2, 0.25) is 0 Å². The molecule has 2 aliphatic heterocycles. The van der Waals surface area contributed by atoms with Crippen LogP contribution < -0.4 is 9.04 Å². The highest BCUT2D eigenvalue weighted by atomic mass is 35.5. The van der Waals surface area contributed by atoms with Gasteiger partial charge in [0.15, 0.2) is 6.61 Å². The summed E-state index contributed by atoms with van der Waals surface area (Å²) in [4.78, 5) is 14.0. The molecule has 0 unspecified atom stereocenters. The zero-order valence-corrected chi connectivity index (χ0v) is 17.3. The molecule has 0 atom stereocenters. The van der Waals surface area contributed by atoms with E-state index in [1.165, 1.54) is 16.4 Å². The van der Waals surface area contributed by atoms with Gasteiger partial charge in [0.05, 0.1) is 18.9 Å². The lowest BCUT2D eigenvalue weighted by Gasteiger charge is -2.27. The summed E-state index contributed by atoms with van der Waals surface area (Å²) in [5.41, 5.74) is 1.63. The fourth-order valence-corrected chi connectivity index (χ4v) is 5.42. The van der Waals surface area contributed by atoms with E-state index < -0.39 is 10.0 Å². The molecule has 2 aliphatic rings. The van der Waals surface area contributed by atoms with E-state index in [1.54, 1.807) is 17.0 Å². The summed E-state index contributed by atoms with van der Waals surface area (Å²) in [5.74, 6) is -0.0986. The number of anilines is 1. The highest BCUT2D eigenvalue weighted by molar-refractivity contribution is 7.93. The molecular weight excluding hydrogens is 416 g/mol. The average molecular weight is 437 g/mol. The molecule has 0 radical (unpaired) electrons. The van der Waals surface area contributed by atoms with Crippen molar-refractivity contribution in [3.8, 4) is 5.75 Å². The smallest absolute Gasteiger partial charge is 0.268 e. The van der Waals surface area contributed by atoms with Gasteiger partial charge < -0.3 is 14.4 Å². The maximum Gasteiger partial charge on any atom is 0.268 e. The number of amides is 1. The molecule has 0 aromatic heterocycles. The second kappa shape index (κ2) is 8.22. The first kappa shape index (κ1) is 20.0. The molecule has 0 spiro atoms. The fourth-order valence-electron chi connectivity index (χ4n) is 3.52. The predicted octanol–water partition coefficient (Wildman–Crippen LogP) is 2.33. The predicted molar refractivity (Wildman–Crippen MR) is 109 cm³/mol. The zero-order chi connectivity index (χ0) is 20.4. The Labute approximate surface area is 174 Å². The molecule has 1 fully saturated rings. The Morgan fingerprint density at radius 2 is 1.86 bits per heavy atom. The lowest BCUT2D eigenvalue weighted by molar-refractivity contribution is -0.137. The highest BCUT2D eigenvalue weighted by Gasteiger charge is 2.33. The first-order chi connectivity index (χ1) is 14.0. The summed E-state index contributed by atoms with van der Waals surface area (Å²) in [6.07, 6.45) is 0.641. The second-order valence-corrected chi connectivity index (χ2v) is 9.10. The molecule has 2 heterocycles. The third-order valence-corrected chi connectivity index (χ3v) is 7.10. The molecular formula is C20H21ClN2O5S. The van der Waals surface area contributed by atoms with Crippen molar-refractivity contribution in [2.45, 2.75) is 11.3 Å². The van der Waals surface area contributed by atoms with Gasteiger partial charge in [0.25, 0.3) is 15.9 Å². The molecule has 1 amide bonds. The normalized spacial score (nSPS) is 16.6. The van der Waals surface area contributed by atoms with Crippen molar-refractivity contribution in [1.29, 1.82) is 0 Å². The van der Waals surface area contributed by atoms with E-state index in [-0.39, 0.29) is 28.2 Å². The van der Waals surface area contributed by atoms with Crippen LogP contribution in [0.1, 0.15) is 5.56 Å². The Hall–Kier alpha value is -2.29. The highest BCUT2D eigenvalue weighted by Crippen LogP contribution is 2.36. The monoisotopic (exact) mass is 436 g/mol. The van der Waals surface area contributed by atoms with Gasteiger partial charge in [-0.25, -0.2) is 8.42 Å². The third kappa shape index (κ3) is 4.05. The van der Waals surface area contributed by atoms with Crippen molar-refractivity contribution in [1.82, 2.24) is 4.90 Å². The van der Waals surface area contributed by atoms with Gasteiger partial charge in [-0.1, -0.05) is 29.8 Å². The van der Waals surface area contributed by atoms with Crippen molar-refractivity contribution in [2.24, 2.45) is 0 Å². The number of rotatable bonds is 5. The zero-order valence-electron chi connectivity index (χ0n) is 15.7. The molecule has 7 nitrogen and oxygen atoms in total. The van der Waals surface area contributed by atoms with Crippen LogP contribution in [0.5, 0.6) is 5.75 Å². The maximum absolute atomic E-state index is 13.4. The number of benzene rings is 2. The molecule has 0 aliphatic carbocycles. The van der Waals surface area contributed by atoms with Crippen molar-refractivity contribution in [3.05, 3.63) is 53.1 Å². The first-order valence-corrected chi connectivity index (χ1v) is 11.2. The lowest BCUT2D eigenvalue weighted by atomic mass is 10.2. The van der Waals surface area contributed by atoms with Crippen LogP contribution in [0.25, 0.3) is 0 Å². The largest absolute Gasteiger partial charge is 0.482 e. The van der Waals surface area contributed by atoms with Gasteiger partial charge in [0.1, 0.15) is 10.6 Å². The quantitative estimate of drug-likeness (QED) is 0.719. The van der Waals surface area contributed by atoms with E-state index in [9.17, 15) is 13.2 Å². The van der Waals surface area contributed by atoms with Gasteiger partial charge in [-0.2, -0.15) is 0 Å². The van der Waals surface area contributed by atoms with Gasteiger partial charge in [-0.15, -0.1) is 0 Å². The number of fused-ring (bicyclic) bond motifs is 1. The lowest BCUT2D eigenvalue weighted by Crippen LogP contribution is -2.43. The maximum atomic E-state index is 13.4. The molecule has 4 rings (SSSR count). The summed E-state index contributed by atoms with van der Waals surface area (Å²) in [6, 6.07) is 11.8. The first-order valence-electron chi connectivity index (χ1n) is 9.35. The molecule has 0 N–H and O–H groups in total. The molecule has 154 valence electrons. The number of hydrogen-bond donors (Lipinski definition) is 0. The SMILES string of the molecule is O=C(COc1ccc(Cl)cc1S(=O)(=O)N1CCc2ccccc21)N1CCOCC1. The van der Waals surface area contributed by atoms with Crippen LogP contribution in [-0.4, -0.2) is 58.7 Å². The Bertz CT molecular complexity index is 1020. The summed E-state index contributed by atoms with van der Waals surface area (Å²) in [7, 11) is -3.90. The molecule has 0 saturated carbocycles. The summed E-state index contributed by atoms with van der Waals surface area (Å²) in [5, 5.41) is 0.280. The summed E-state index contributed by atoms with van der Waals surface area (Å²) < 4.78 is 39.0. The van der Waals surface area contributed by atoms with Crippen LogP contribution in [0.15, 0.2) is 47.4 Å². The summed E-state index contributed by atoms with van der Waals surface area (Å²) >= 11 is 6.09. The van der Waals surface area contributed by atoms with Crippen molar-refractivity contribution in [3.63, 3.8) is 0 Å². The van der Waals surface area contributed by atoms with Gasteiger partial charge in [0, 0.05) is 24.7 Å². The van der Waals surface area contributed by atoms with Gasteiger partial charge >= 0.3 is 0 Å². The Morgan fingerprint density at radius 3 is 2.66 bits per heavy atom. The van der Waals surface area contributed by atoms with Crippen molar-refractivity contribution >= 4 is 33.2 Å². The molecule has 1 saturated heterocycles. The van der Waals surface area contributed by atoms with Crippen LogP contribution in [-0.2, 0) is 26.0 Å². The number of morpholine rings is 1. The van der Waals surface area contributed by atoms with E-state index in [0.29, 0.717) is 45.0 Å². The van der Waals surface area contributed by atoms with Crippen LogP contribution in [0, 0.1) is 0 Å². The Kier molecular flexibility index (Phi) is 5.67. The molecule has 2 aromatic rings. The average Bonchev–Trinajstić information content (AvgIpc) is 3.18. The van der Waals surface area contributed by atoms with E-state index in [0.717, 1.165) is 5.56 Å². The number of nitrogens with zero attached hydrogens (tertiary/aromatic N) is 2. The molecule has 2 aromatic carbocycles. The number of hydrogen-bond acceptors (Lipinski definition) is 5. The van der Waals surface area contributed by atoms with Crippen LogP contribution in [0.2, 0.25) is 5.02 Å². The van der Waals surface area contributed by atoms with E-state index in [1.807, 2.05) is 18.2 Å². The molecule has 0 bridgehead atoms. The number of sulfonamides is 1. The van der Waals surface area contributed by atoms with E-state index in [4.69, 9.17) is 21.1 Å². The molecule has 9 heteroatoms. The minimum Gasteiger partial charge on any atom is -0.482 e. The van der Waals surface area contributed by atoms with Crippen molar-refractivity contribution < 1.29 is 22.7 Å². The number of carbonyl (C=O) groups excluding carboxylic acids is 1. The topological polar surface area (TPSA) is 76.2 Å².